The Morgan fingerprint density at radius 3 is 2.15 bits per heavy atom. The lowest BCUT2D eigenvalue weighted by Crippen LogP contribution is -2.56. The van der Waals surface area contributed by atoms with Crippen LogP contribution < -0.4 is 5.32 Å². The van der Waals surface area contributed by atoms with Gasteiger partial charge in [-0.15, -0.1) is 0 Å². The Morgan fingerprint density at radius 1 is 1.07 bits per heavy atom. The van der Waals surface area contributed by atoms with Gasteiger partial charge in [0.15, 0.2) is 5.54 Å². The van der Waals surface area contributed by atoms with E-state index in [0.29, 0.717) is 11.3 Å². The first kappa shape index (κ1) is 20.4. The molecule has 2 atom stereocenters. The lowest BCUT2D eigenvalue weighted by molar-refractivity contribution is -0.155. The van der Waals surface area contributed by atoms with Gasteiger partial charge in [0.1, 0.15) is 11.7 Å². The molecule has 0 aliphatic carbocycles. The molecule has 0 spiro atoms. The average Bonchev–Trinajstić information content (AvgIpc) is 2.62. The molecule has 1 N–H and O–H groups in total. The molecule has 2 aromatic rings. The standard InChI is InChI=1S/C22H25FN2O2/c1-15(2)22(21(26)27-16(3)4,25-19-8-6-5-7-9-19)20(14-24)17-10-12-18(23)13-11-17/h5-13,15-16,20,25H,1-4H3. The molecule has 4 nitrogen and oxygen atoms in total. The molecule has 142 valence electrons. The van der Waals surface area contributed by atoms with Gasteiger partial charge in [-0.05, 0) is 49.6 Å². The number of nitriles is 1. The minimum absolute atomic E-state index is 0.279. The second kappa shape index (κ2) is 8.68. The third kappa shape index (κ3) is 4.46. The number of halogens is 1. The first-order chi connectivity index (χ1) is 12.8. The van der Waals surface area contributed by atoms with Gasteiger partial charge in [0, 0.05) is 5.69 Å². The summed E-state index contributed by atoms with van der Waals surface area (Å²) >= 11 is 0. The summed E-state index contributed by atoms with van der Waals surface area (Å²) in [6.45, 7) is 7.27. The summed E-state index contributed by atoms with van der Waals surface area (Å²) in [6, 6.07) is 17.1. The molecule has 0 fully saturated rings. The Kier molecular flexibility index (Phi) is 6.57. The molecule has 0 aromatic heterocycles. The minimum atomic E-state index is -1.34. The van der Waals surface area contributed by atoms with Crippen molar-refractivity contribution in [3.05, 3.63) is 66.0 Å². The summed E-state index contributed by atoms with van der Waals surface area (Å²) in [4.78, 5) is 13.3. The van der Waals surface area contributed by atoms with Gasteiger partial charge >= 0.3 is 5.97 Å². The number of ether oxygens (including phenoxy) is 1. The van der Waals surface area contributed by atoms with Crippen LogP contribution in [0.2, 0.25) is 0 Å². The van der Waals surface area contributed by atoms with Crippen molar-refractivity contribution in [3.63, 3.8) is 0 Å². The van der Waals surface area contributed by atoms with E-state index in [0.717, 1.165) is 0 Å². The van der Waals surface area contributed by atoms with E-state index in [1.54, 1.807) is 13.8 Å². The van der Waals surface area contributed by atoms with Crippen molar-refractivity contribution in [2.24, 2.45) is 5.92 Å². The van der Waals surface area contributed by atoms with E-state index in [-0.39, 0.29) is 12.0 Å². The molecular formula is C22H25FN2O2. The Bertz CT molecular complexity index is 797. The SMILES string of the molecule is CC(C)OC(=O)C(Nc1ccccc1)(C(C)C)C(C#N)c1ccc(F)cc1. The average molecular weight is 368 g/mol. The monoisotopic (exact) mass is 368 g/mol. The Hall–Kier alpha value is -2.87. The fourth-order valence-corrected chi connectivity index (χ4v) is 3.12. The first-order valence-corrected chi connectivity index (χ1v) is 9.00. The van der Waals surface area contributed by atoms with Gasteiger partial charge < -0.3 is 10.1 Å². The van der Waals surface area contributed by atoms with Crippen molar-refractivity contribution in [1.29, 1.82) is 5.26 Å². The van der Waals surface area contributed by atoms with Crippen molar-refractivity contribution in [1.82, 2.24) is 0 Å². The van der Waals surface area contributed by atoms with Crippen LogP contribution in [0.5, 0.6) is 0 Å². The van der Waals surface area contributed by atoms with E-state index >= 15 is 0 Å². The van der Waals surface area contributed by atoms with Gasteiger partial charge in [0.25, 0.3) is 0 Å². The third-order valence-corrected chi connectivity index (χ3v) is 4.50. The van der Waals surface area contributed by atoms with Crippen LogP contribution in [0.15, 0.2) is 54.6 Å². The summed E-state index contributed by atoms with van der Waals surface area (Å²) in [6.07, 6.45) is -0.333. The van der Waals surface area contributed by atoms with Crippen molar-refractivity contribution in [2.45, 2.75) is 45.3 Å². The van der Waals surface area contributed by atoms with Crippen LogP contribution in [0.4, 0.5) is 10.1 Å². The lowest BCUT2D eigenvalue weighted by Gasteiger charge is -2.40. The predicted octanol–water partition coefficient (Wildman–Crippen LogP) is 4.89. The summed E-state index contributed by atoms with van der Waals surface area (Å²) in [5.41, 5.74) is -0.0796. The van der Waals surface area contributed by atoms with Crippen molar-refractivity contribution in [3.8, 4) is 6.07 Å². The van der Waals surface area contributed by atoms with Crippen LogP contribution in [-0.2, 0) is 9.53 Å². The van der Waals surface area contributed by atoms with Gasteiger partial charge in [-0.25, -0.2) is 9.18 Å². The lowest BCUT2D eigenvalue weighted by atomic mass is 9.72. The smallest absolute Gasteiger partial charge is 0.334 e. The molecule has 0 heterocycles. The fraction of sp³-hybridized carbons (Fsp3) is 0.364. The maximum atomic E-state index is 13.4. The van der Waals surface area contributed by atoms with Crippen LogP contribution in [0.1, 0.15) is 39.2 Å². The number of rotatable bonds is 7. The molecule has 0 amide bonds. The van der Waals surface area contributed by atoms with Crippen LogP contribution in [0, 0.1) is 23.1 Å². The van der Waals surface area contributed by atoms with E-state index in [1.165, 1.54) is 24.3 Å². The Balaban J connectivity index is 2.62. The summed E-state index contributed by atoms with van der Waals surface area (Å²) in [5.74, 6) is -2.05. The number of nitrogens with zero attached hydrogens (tertiary/aromatic N) is 1. The molecule has 2 rings (SSSR count). The number of hydrogen-bond acceptors (Lipinski definition) is 4. The molecule has 2 unspecified atom stereocenters. The van der Waals surface area contributed by atoms with E-state index in [2.05, 4.69) is 11.4 Å². The van der Waals surface area contributed by atoms with Gasteiger partial charge in [0.2, 0.25) is 0 Å². The highest BCUT2D eigenvalue weighted by Crippen LogP contribution is 2.39. The maximum Gasteiger partial charge on any atom is 0.334 e. The molecule has 2 aromatic carbocycles. The molecule has 5 heteroatoms. The number of hydrogen-bond donors (Lipinski definition) is 1. The van der Waals surface area contributed by atoms with E-state index in [4.69, 9.17) is 4.74 Å². The number of anilines is 1. The quantitative estimate of drug-likeness (QED) is 0.707. The van der Waals surface area contributed by atoms with E-state index in [9.17, 15) is 14.4 Å². The molecule has 0 aliphatic heterocycles. The summed E-state index contributed by atoms with van der Waals surface area (Å²) in [5, 5.41) is 13.3. The van der Waals surface area contributed by atoms with Crippen LogP contribution in [0.3, 0.4) is 0 Å². The zero-order chi connectivity index (χ0) is 20.0. The predicted molar refractivity (Wildman–Crippen MR) is 104 cm³/mol. The molecule has 0 bridgehead atoms. The molecule has 0 aliphatic rings. The van der Waals surface area contributed by atoms with Gasteiger partial charge in [-0.1, -0.05) is 44.2 Å². The largest absolute Gasteiger partial charge is 0.461 e. The molecule has 0 saturated carbocycles. The minimum Gasteiger partial charge on any atom is -0.461 e. The van der Waals surface area contributed by atoms with Gasteiger partial charge in [-0.2, -0.15) is 5.26 Å². The fourth-order valence-electron chi connectivity index (χ4n) is 3.12. The van der Waals surface area contributed by atoms with Crippen LogP contribution in [0.25, 0.3) is 0 Å². The van der Waals surface area contributed by atoms with E-state index < -0.39 is 23.2 Å². The van der Waals surface area contributed by atoms with Crippen LogP contribution >= 0.6 is 0 Å². The molecule has 0 radical (unpaired) electrons. The topological polar surface area (TPSA) is 62.1 Å². The highest BCUT2D eigenvalue weighted by Gasteiger charge is 2.51. The van der Waals surface area contributed by atoms with Crippen molar-refractivity contribution in [2.75, 3.05) is 5.32 Å². The van der Waals surface area contributed by atoms with Gasteiger partial charge in [-0.3, -0.25) is 0 Å². The number of esters is 1. The normalized spacial score (nSPS) is 14.3. The van der Waals surface area contributed by atoms with Crippen LogP contribution in [-0.4, -0.2) is 17.6 Å². The van der Waals surface area contributed by atoms with Gasteiger partial charge in [0.05, 0.1) is 12.2 Å². The maximum absolute atomic E-state index is 13.4. The molecule has 27 heavy (non-hydrogen) atoms. The zero-order valence-electron chi connectivity index (χ0n) is 16.1. The summed E-state index contributed by atoms with van der Waals surface area (Å²) in [7, 11) is 0. The van der Waals surface area contributed by atoms with E-state index in [1.807, 2.05) is 44.2 Å². The van der Waals surface area contributed by atoms with Crippen molar-refractivity contribution < 1.29 is 13.9 Å². The first-order valence-electron chi connectivity index (χ1n) is 9.00. The second-order valence-electron chi connectivity index (χ2n) is 7.08. The highest BCUT2D eigenvalue weighted by atomic mass is 19.1. The molecule has 0 saturated heterocycles. The summed E-state index contributed by atoms with van der Waals surface area (Å²) < 4.78 is 18.9. The zero-order valence-corrected chi connectivity index (χ0v) is 16.1. The number of carbonyl (C=O) groups excluding carboxylic acids is 1. The number of carbonyl (C=O) groups is 1. The third-order valence-electron chi connectivity index (χ3n) is 4.50. The molecular weight excluding hydrogens is 343 g/mol. The Labute approximate surface area is 160 Å². The number of nitrogens with one attached hydrogen (secondary N) is 1. The second-order valence-corrected chi connectivity index (χ2v) is 7.08. The number of para-hydroxylation sites is 1. The number of benzene rings is 2. The highest BCUT2D eigenvalue weighted by molar-refractivity contribution is 5.87. The Morgan fingerprint density at radius 2 is 1.67 bits per heavy atom. The van der Waals surface area contributed by atoms with Crippen molar-refractivity contribution >= 4 is 11.7 Å².